The fraction of sp³-hybridized carbons (Fsp3) is 0.0526. The normalized spacial score (nSPS) is 11.0. The smallest absolute Gasteiger partial charge is 0.354 e. The van der Waals surface area contributed by atoms with Crippen molar-refractivity contribution < 1.29 is 14.3 Å². The van der Waals surface area contributed by atoms with E-state index in [1.165, 1.54) is 18.3 Å². The topological polar surface area (TPSA) is 80.9 Å². The summed E-state index contributed by atoms with van der Waals surface area (Å²) in [5.41, 5.74) is 3.61. The predicted molar refractivity (Wildman–Crippen MR) is 94.1 cm³/mol. The summed E-state index contributed by atoms with van der Waals surface area (Å²) < 4.78 is 15.0. The molecule has 0 aliphatic heterocycles. The molecule has 0 fully saturated rings. The van der Waals surface area contributed by atoms with Gasteiger partial charge in [0.05, 0.1) is 11.4 Å². The van der Waals surface area contributed by atoms with E-state index in [4.69, 9.17) is 5.11 Å². The number of hydrogen-bond acceptors (Lipinski definition) is 4. The Balaban J connectivity index is 1.82. The molecule has 4 rings (SSSR count). The third-order valence-corrected chi connectivity index (χ3v) is 4.15. The lowest BCUT2D eigenvalue weighted by atomic mass is 10.1. The second-order valence-corrected chi connectivity index (χ2v) is 5.81. The van der Waals surface area contributed by atoms with Crippen LogP contribution in [-0.4, -0.2) is 30.6 Å². The lowest BCUT2D eigenvalue weighted by molar-refractivity contribution is 0.0690. The van der Waals surface area contributed by atoms with Crippen LogP contribution in [0.2, 0.25) is 0 Å². The zero-order valence-corrected chi connectivity index (χ0v) is 13.7. The molecule has 0 aromatic carbocycles. The quantitative estimate of drug-likeness (QED) is 0.573. The third kappa shape index (κ3) is 2.69. The molecule has 4 heterocycles. The van der Waals surface area contributed by atoms with Crippen LogP contribution < -0.4 is 0 Å². The first-order valence-corrected chi connectivity index (χ1v) is 7.81. The number of carboxylic acids is 1. The van der Waals surface area contributed by atoms with Crippen molar-refractivity contribution in [2.24, 2.45) is 7.05 Å². The van der Waals surface area contributed by atoms with Crippen LogP contribution >= 0.6 is 0 Å². The fourth-order valence-corrected chi connectivity index (χ4v) is 2.88. The van der Waals surface area contributed by atoms with Crippen LogP contribution in [-0.2, 0) is 7.05 Å². The molecule has 0 saturated carbocycles. The molecular formula is C19H13FN4O2. The molecule has 0 unspecified atom stereocenters. The number of fused-ring (bicyclic) bond motifs is 1. The predicted octanol–water partition coefficient (Wildman–Crippen LogP) is 3.53. The standard InChI is InChI=1S/C19H13FN4O2/c1-24-16(11-5-6-17(20)21-9-11)8-12-7-13(10-22-18(12)24)14-3-2-4-15(23-14)19(25)26/h2-10H,1H3,(H,25,26). The van der Waals surface area contributed by atoms with Gasteiger partial charge in [0.2, 0.25) is 5.95 Å². The number of carbonyl (C=O) groups is 1. The highest BCUT2D eigenvalue weighted by molar-refractivity contribution is 5.88. The van der Waals surface area contributed by atoms with E-state index in [9.17, 15) is 9.18 Å². The van der Waals surface area contributed by atoms with Gasteiger partial charge in [-0.3, -0.25) is 0 Å². The SMILES string of the molecule is Cn1c(-c2ccc(F)nc2)cc2cc(-c3cccc(C(=O)O)n3)cnc21. The second kappa shape index (κ2) is 6.03. The van der Waals surface area contributed by atoms with Crippen molar-refractivity contribution in [3.8, 4) is 22.5 Å². The van der Waals surface area contributed by atoms with Gasteiger partial charge in [0.1, 0.15) is 11.3 Å². The van der Waals surface area contributed by atoms with Gasteiger partial charge in [-0.05, 0) is 36.4 Å². The van der Waals surface area contributed by atoms with Gasteiger partial charge >= 0.3 is 5.97 Å². The summed E-state index contributed by atoms with van der Waals surface area (Å²) in [7, 11) is 1.87. The Kier molecular flexibility index (Phi) is 3.69. The molecule has 4 aromatic heterocycles. The van der Waals surface area contributed by atoms with Gasteiger partial charge in [-0.1, -0.05) is 6.07 Å². The zero-order chi connectivity index (χ0) is 18.3. The number of pyridine rings is 3. The number of aromatic nitrogens is 4. The van der Waals surface area contributed by atoms with Crippen LogP contribution in [0.3, 0.4) is 0 Å². The first-order valence-electron chi connectivity index (χ1n) is 7.81. The average Bonchev–Trinajstić information content (AvgIpc) is 2.98. The Hall–Kier alpha value is -3.61. The average molecular weight is 348 g/mol. The molecule has 0 bridgehead atoms. The lowest BCUT2D eigenvalue weighted by Crippen LogP contribution is -2.00. The second-order valence-electron chi connectivity index (χ2n) is 5.81. The Morgan fingerprint density at radius 2 is 1.88 bits per heavy atom. The molecule has 128 valence electrons. The van der Waals surface area contributed by atoms with E-state index in [-0.39, 0.29) is 5.69 Å². The first kappa shape index (κ1) is 15.9. The summed E-state index contributed by atoms with van der Waals surface area (Å²) in [5.74, 6) is -1.61. The van der Waals surface area contributed by atoms with E-state index in [2.05, 4.69) is 15.0 Å². The van der Waals surface area contributed by atoms with Crippen molar-refractivity contribution in [1.29, 1.82) is 0 Å². The molecule has 0 spiro atoms. The molecule has 0 aliphatic carbocycles. The summed E-state index contributed by atoms with van der Waals surface area (Å²) in [6, 6.07) is 11.6. The van der Waals surface area contributed by atoms with E-state index in [1.807, 2.05) is 23.7 Å². The number of hydrogen-bond donors (Lipinski definition) is 1. The molecular weight excluding hydrogens is 335 g/mol. The maximum atomic E-state index is 13.1. The minimum Gasteiger partial charge on any atom is -0.477 e. The van der Waals surface area contributed by atoms with Gasteiger partial charge in [-0.15, -0.1) is 0 Å². The van der Waals surface area contributed by atoms with Crippen molar-refractivity contribution in [1.82, 2.24) is 19.5 Å². The number of halogens is 1. The van der Waals surface area contributed by atoms with Crippen molar-refractivity contribution >= 4 is 17.0 Å². The molecule has 26 heavy (non-hydrogen) atoms. The summed E-state index contributed by atoms with van der Waals surface area (Å²) in [6.45, 7) is 0. The Morgan fingerprint density at radius 1 is 1.08 bits per heavy atom. The van der Waals surface area contributed by atoms with E-state index in [1.54, 1.807) is 24.4 Å². The highest BCUT2D eigenvalue weighted by Gasteiger charge is 2.12. The van der Waals surface area contributed by atoms with Crippen LogP contribution in [0.5, 0.6) is 0 Å². The highest BCUT2D eigenvalue weighted by Crippen LogP contribution is 2.28. The van der Waals surface area contributed by atoms with Crippen LogP contribution in [0.15, 0.2) is 54.9 Å². The van der Waals surface area contributed by atoms with Crippen molar-refractivity contribution in [2.45, 2.75) is 0 Å². The minimum absolute atomic E-state index is 0.0197. The van der Waals surface area contributed by atoms with Gasteiger partial charge in [0.25, 0.3) is 0 Å². The molecule has 0 radical (unpaired) electrons. The van der Waals surface area contributed by atoms with E-state index in [0.717, 1.165) is 27.9 Å². The number of rotatable bonds is 3. The van der Waals surface area contributed by atoms with E-state index >= 15 is 0 Å². The van der Waals surface area contributed by atoms with Gasteiger partial charge in [-0.2, -0.15) is 4.39 Å². The number of aromatic carboxylic acids is 1. The number of nitrogens with zero attached hydrogens (tertiary/aromatic N) is 4. The fourth-order valence-electron chi connectivity index (χ4n) is 2.88. The van der Waals surface area contributed by atoms with Crippen LogP contribution in [0.4, 0.5) is 4.39 Å². The van der Waals surface area contributed by atoms with Gasteiger partial charge in [-0.25, -0.2) is 19.7 Å². The summed E-state index contributed by atoms with van der Waals surface area (Å²) in [4.78, 5) is 23.4. The number of aryl methyl sites for hydroxylation is 1. The van der Waals surface area contributed by atoms with Crippen molar-refractivity contribution in [3.05, 3.63) is 66.5 Å². The van der Waals surface area contributed by atoms with Gasteiger partial charge < -0.3 is 9.67 Å². The van der Waals surface area contributed by atoms with E-state index < -0.39 is 11.9 Å². The third-order valence-electron chi connectivity index (χ3n) is 4.15. The molecule has 0 saturated heterocycles. The molecule has 0 aliphatic rings. The van der Waals surface area contributed by atoms with Crippen LogP contribution in [0.1, 0.15) is 10.5 Å². The maximum Gasteiger partial charge on any atom is 0.354 e. The number of carboxylic acid groups (broad SMARTS) is 1. The molecule has 0 amide bonds. The highest BCUT2D eigenvalue weighted by atomic mass is 19.1. The van der Waals surface area contributed by atoms with E-state index in [0.29, 0.717) is 5.69 Å². The lowest BCUT2D eigenvalue weighted by Gasteiger charge is -2.04. The minimum atomic E-state index is -1.08. The monoisotopic (exact) mass is 348 g/mol. The molecule has 6 nitrogen and oxygen atoms in total. The van der Waals surface area contributed by atoms with Crippen molar-refractivity contribution in [2.75, 3.05) is 0 Å². The van der Waals surface area contributed by atoms with Crippen LogP contribution in [0, 0.1) is 5.95 Å². The van der Waals surface area contributed by atoms with Gasteiger partial charge in [0.15, 0.2) is 0 Å². The maximum absolute atomic E-state index is 13.1. The Bertz CT molecular complexity index is 1140. The molecule has 4 aromatic rings. The van der Waals surface area contributed by atoms with Crippen LogP contribution in [0.25, 0.3) is 33.5 Å². The largest absolute Gasteiger partial charge is 0.477 e. The molecule has 0 atom stereocenters. The molecule has 1 N–H and O–H groups in total. The summed E-state index contributed by atoms with van der Waals surface area (Å²) in [5, 5.41) is 9.97. The Labute approximate surface area is 147 Å². The summed E-state index contributed by atoms with van der Waals surface area (Å²) >= 11 is 0. The first-order chi connectivity index (χ1) is 12.5. The molecule has 7 heteroatoms. The summed E-state index contributed by atoms with van der Waals surface area (Å²) in [6.07, 6.45) is 3.13. The van der Waals surface area contributed by atoms with Gasteiger partial charge in [0, 0.05) is 36.0 Å². The zero-order valence-electron chi connectivity index (χ0n) is 13.7. The Morgan fingerprint density at radius 3 is 2.62 bits per heavy atom. The van der Waals surface area contributed by atoms with Crippen molar-refractivity contribution in [3.63, 3.8) is 0 Å².